The highest BCUT2D eigenvalue weighted by atomic mass is 32.1. The monoisotopic (exact) mass is 222 g/mol. The maximum absolute atomic E-state index is 11.5. The molecule has 0 bridgehead atoms. The van der Waals surface area contributed by atoms with Crippen LogP contribution >= 0.6 is 11.3 Å². The molecule has 0 aliphatic carbocycles. The van der Waals surface area contributed by atoms with Gasteiger partial charge >= 0.3 is 0 Å². The molecule has 0 saturated heterocycles. The van der Waals surface area contributed by atoms with Gasteiger partial charge in [-0.2, -0.15) is 0 Å². The Morgan fingerprint density at radius 3 is 3.13 bits per heavy atom. The van der Waals surface area contributed by atoms with Crippen LogP contribution < -0.4 is 5.32 Å². The first-order valence-electron chi connectivity index (χ1n) is 4.48. The summed E-state index contributed by atoms with van der Waals surface area (Å²) >= 11 is 1.42. The fraction of sp³-hybridized carbons (Fsp3) is 0.200. The van der Waals surface area contributed by atoms with E-state index in [1.807, 2.05) is 11.4 Å². The van der Waals surface area contributed by atoms with Crippen LogP contribution in [0.3, 0.4) is 0 Å². The maximum atomic E-state index is 11.5. The Hall–Kier alpha value is -1.62. The molecule has 5 heteroatoms. The minimum absolute atomic E-state index is 0.0781. The summed E-state index contributed by atoms with van der Waals surface area (Å²) < 4.78 is 5.03. The van der Waals surface area contributed by atoms with Crippen molar-refractivity contribution in [2.75, 3.05) is 0 Å². The van der Waals surface area contributed by atoms with Crippen molar-refractivity contribution < 1.29 is 9.21 Å². The van der Waals surface area contributed by atoms with Crippen LogP contribution in [0, 0.1) is 6.92 Å². The SMILES string of the molecule is Cc1nc(CNC(=O)c2cccs2)co1. The van der Waals surface area contributed by atoms with Gasteiger partial charge in [-0.25, -0.2) is 4.98 Å². The zero-order valence-electron chi connectivity index (χ0n) is 8.19. The van der Waals surface area contributed by atoms with Gasteiger partial charge in [0.05, 0.1) is 17.1 Å². The number of nitrogens with zero attached hydrogens (tertiary/aromatic N) is 1. The van der Waals surface area contributed by atoms with Gasteiger partial charge in [0.25, 0.3) is 5.91 Å². The number of hydrogen-bond donors (Lipinski definition) is 1. The number of amides is 1. The van der Waals surface area contributed by atoms with Gasteiger partial charge < -0.3 is 9.73 Å². The number of carbonyl (C=O) groups excluding carboxylic acids is 1. The quantitative estimate of drug-likeness (QED) is 0.863. The topological polar surface area (TPSA) is 55.1 Å². The summed E-state index contributed by atoms with van der Waals surface area (Å²) in [5.74, 6) is 0.529. The molecule has 78 valence electrons. The molecule has 0 aliphatic rings. The van der Waals surface area contributed by atoms with E-state index in [2.05, 4.69) is 10.3 Å². The lowest BCUT2D eigenvalue weighted by atomic mass is 10.4. The molecule has 0 fully saturated rings. The first-order valence-corrected chi connectivity index (χ1v) is 5.36. The van der Waals surface area contributed by atoms with Gasteiger partial charge in [0.2, 0.25) is 0 Å². The number of nitrogens with one attached hydrogen (secondary N) is 1. The number of oxazole rings is 1. The van der Waals surface area contributed by atoms with Gasteiger partial charge in [-0.1, -0.05) is 6.07 Å². The van der Waals surface area contributed by atoms with E-state index in [1.54, 1.807) is 19.3 Å². The minimum Gasteiger partial charge on any atom is -0.449 e. The van der Waals surface area contributed by atoms with E-state index in [1.165, 1.54) is 11.3 Å². The highest BCUT2D eigenvalue weighted by Gasteiger charge is 2.06. The summed E-state index contributed by atoms with van der Waals surface area (Å²) in [5, 5.41) is 4.63. The van der Waals surface area contributed by atoms with Crippen molar-refractivity contribution in [1.82, 2.24) is 10.3 Å². The summed E-state index contributed by atoms with van der Waals surface area (Å²) in [5.41, 5.74) is 0.734. The van der Waals surface area contributed by atoms with Gasteiger partial charge in [0.1, 0.15) is 6.26 Å². The van der Waals surface area contributed by atoms with Crippen molar-refractivity contribution in [3.8, 4) is 0 Å². The van der Waals surface area contributed by atoms with Crippen LogP contribution in [-0.2, 0) is 6.54 Å². The fourth-order valence-electron chi connectivity index (χ4n) is 1.16. The normalized spacial score (nSPS) is 10.2. The Labute approximate surface area is 90.9 Å². The zero-order valence-corrected chi connectivity index (χ0v) is 9.00. The van der Waals surface area contributed by atoms with Crippen LogP contribution in [0.5, 0.6) is 0 Å². The first kappa shape index (κ1) is 9.92. The van der Waals surface area contributed by atoms with Crippen molar-refractivity contribution in [3.05, 3.63) is 40.2 Å². The fourth-order valence-corrected chi connectivity index (χ4v) is 1.80. The molecule has 0 saturated carbocycles. The number of carbonyl (C=O) groups is 1. The Kier molecular flexibility index (Phi) is 2.82. The average Bonchev–Trinajstić information content (AvgIpc) is 2.84. The van der Waals surface area contributed by atoms with Gasteiger partial charge in [-0.3, -0.25) is 4.79 Å². The summed E-state index contributed by atoms with van der Waals surface area (Å²) in [6.07, 6.45) is 1.55. The van der Waals surface area contributed by atoms with E-state index in [0.717, 1.165) is 5.69 Å². The second-order valence-electron chi connectivity index (χ2n) is 3.02. The maximum Gasteiger partial charge on any atom is 0.261 e. The standard InChI is InChI=1S/C10H10N2O2S/c1-7-12-8(6-14-7)5-11-10(13)9-3-2-4-15-9/h2-4,6H,5H2,1H3,(H,11,13). The molecule has 2 aromatic heterocycles. The lowest BCUT2D eigenvalue weighted by molar-refractivity contribution is 0.0954. The average molecular weight is 222 g/mol. The second kappa shape index (κ2) is 4.27. The van der Waals surface area contributed by atoms with Gasteiger partial charge in [-0.15, -0.1) is 11.3 Å². The van der Waals surface area contributed by atoms with Crippen LogP contribution in [0.2, 0.25) is 0 Å². The Morgan fingerprint density at radius 2 is 2.53 bits per heavy atom. The Morgan fingerprint density at radius 1 is 1.67 bits per heavy atom. The Bertz CT molecular complexity index is 448. The van der Waals surface area contributed by atoms with E-state index in [4.69, 9.17) is 4.42 Å². The summed E-state index contributed by atoms with van der Waals surface area (Å²) in [4.78, 5) is 16.3. The van der Waals surface area contributed by atoms with E-state index < -0.39 is 0 Å². The lowest BCUT2D eigenvalue weighted by Crippen LogP contribution is -2.21. The molecule has 2 aromatic rings. The van der Waals surface area contributed by atoms with Crippen molar-refractivity contribution >= 4 is 17.2 Å². The van der Waals surface area contributed by atoms with E-state index in [0.29, 0.717) is 17.3 Å². The molecule has 15 heavy (non-hydrogen) atoms. The molecular weight excluding hydrogens is 212 g/mol. The molecule has 0 spiro atoms. The van der Waals surface area contributed by atoms with Crippen molar-refractivity contribution in [3.63, 3.8) is 0 Å². The van der Waals surface area contributed by atoms with Crippen molar-refractivity contribution in [2.45, 2.75) is 13.5 Å². The zero-order chi connectivity index (χ0) is 10.7. The highest BCUT2D eigenvalue weighted by molar-refractivity contribution is 7.12. The van der Waals surface area contributed by atoms with Crippen molar-refractivity contribution in [1.29, 1.82) is 0 Å². The third-order valence-corrected chi connectivity index (χ3v) is 2.71. The smallest absolute Gasteiger partial charge is 0.261 e. The molecule has 2 rings (SSSR count). The number of aryl methyl sites for hydroxylation is 1. The molecule has 0 atom stereocenters. The van der Waals surface area contributed by atoms with E-state index >= 15 is 0 Å². The third kappa shape index (κ3) is 2.44. The molecule has 0 unspecified atom stereocenters. The molecular formula is C10H10N2O2S. The number of aromatic nitrogens is 1. The molecule has 2 heterocycles. The van der Waals surface area contributed by atoms with Gasteiger partial charge in [0, 0.05) is 6.92 Å². The van der Waals surface area contributed by atoms with Crippen LogP contribution in [0.1, 0.15) is 21.3 Å². The van der Waals surface area contributed by atoms with Crippen LogP contribution in [-0.4, -0.2) is 10.9 Å². The number of thiophene rings is 1. The summed E-state index contributed by atoms with van der Waals surface area (Å²) in [7, 11) is 0. The molecule has 4 nitrogen and oxygen atoms in total. The molecule has 0 aromatic carbocycles. The largest absolute Gasteiger partial charge is 0.449 e. The van der Waals surface area contributed by atoms with Gasteiger partial charge in [0.15, 0.2) is 5.89 Å². The third-order valence-electron chi connectivity index (χ3n) is 1.84. The first-order chi connectivity index (χ1) is 7.25. The van der Waals surface area contributed by atoms with Crippen molar-refractivity contribution in [2.24, 2.45) is 0 Å². The van der Waals surface area contributed by atoms with Crippen LogP contribution in [0.25, 0.3) is 0 Å². The predicted octanol–water partition coefficient (Wildman–Crippen LogP) is 1.97. The Balaban J connectivity index is 1.91. The lowest BCUT2D eigenvalue weighted by Gasteiger charge is -1.99. The van der Waals surface area contributed by atoms with E-state index in [9.17, 15) is 4.79 Å². The predicted molar refractivity (Wildman–Crippen MR) is 56.7 cm³/mol. The summed E-state index contributed by atoms with van der Waals surface area (Å²) in [6, 6.07) is 3.63. The number of rotatable bonds is 3. The summed E-state index contributed by atoms with van der Waals surface area (Å²) in [6.45, 7) is 2.17. The molecule has 0 aliphatic heterocycles. The molecule has 0 radical (unpaired) electrons. The van der Waals surface area contributed by atoms with Crippen LogP contribution in [0.15, 0.2) is 28.2 Å². The minimum atomic E-state index is -0.0781. The highest BCUT2D eigenvalue weighted by Crippen LogP contribution is 2.08. The molecule has 1 N–H and O–H groups in total. The molecule has 1 amide bonds. The second-order valence-corrected chi connectivity index (χ2v) is 3.97. The van der Waals surface area contributed by atoms with Crippen LogP contribution in [0.4, 0.5) is 0 Å². The van der Waals surface area contributed by atoms with E-state index in [-0.39, 0.29) is 5.91 Å². The van der Waals surface area contributed by atoms with Gasteiger partial charge in [-0.05, 0) is 11.4 Å². The number of hydrogen-bond acceptors (Lipinski definition) is 4.